The zero-order valence-electron chi connectivity index (χ0n) is 22.1. The van der Waals surface area contributed by atoms with Crippen molar-refractivity contribution < 1.29 is 13.6 Å². The molecular formula is C24H26N8O3. The van der Waals surface area contributed by atoms with Crippen molar-refractivity contribution >= 4 is 28.9 Å². The van der Waals surface area contributed by atoms with Gasteiger partial charge in [0.25, 0.3) is 11.5 Å². The van der Waals surface area contributed by atoms with Gasteiger partial charge < -0.3 is 20.7 Å². The van der Waals surface area contributed by atoms with Gasteiger partial charge >= 0.3 is 0 Å². The normalized spacial score (nSPS) is 18.7. The van der Waals surface area contributed by atoms with Crippen LogP contribution in [0.2, 0.25) is 0 Å². The molecule has 1 aliphatic carbocycles. The summed E-state index contributed by atoms with van der Waals surface area (Å²) in [6.45, 7) is 1.87. The van der Waals surface area contributed by atoms with E-state index < -0.39 is 25.1 Å². The number of carbonyl (C=O) groups excluding carboxylic acids is 1. The fourth-order valence-electron chi connectivity index (χ4n) is 3.92. The number of fused-ring (bicyclic) bond motifs is 1. The highest BCUT2D eigenvalue weighted by Crippen LogP contribution is 2.25. The molecule has 1 fully saturated rings. The fraction of sp³-hybridized carbons (Fsp3) is 0.292. The minimum Gasteiger partial charge on any atom is -0.379 e. The van der Waals surface area contributed by atoms with Crippen LogP contribution in [-0.4, -0.2) is 56.3 Å². The SMILES string of the molecule is [2H]C([2H])([2H])O[C@@H]1CC[C@H]1NC(=O)c1cnn2c(NC)cc(Nc3cccn(-c4ccc(C)nc4)c3=O)nc12. The van der Waals surface area contributed by atoms with Gasteiger partial charge in [-0.25, -0.2) is 4.98 Å². The highest BCUT2D eigenvalue weighted by atomic mass is 16.5. The molecular weight excluding hydrogens is 448 g/mol. The third-order valence-corrected chi connectivity index (χ3v) is 6.04. The molecule has 35 heavy (non-hydrogen) atoms. The number of amides is 1. The van der Waals surface area contributed by atoms with Crippen molar-refractivity contribution in [1.82, 2.24) is 29.5 Å². The minimum absolute atomic E-state index is 0.195. The zero-order valence-corrected chi connectivity index (χ0v) is 19.1. The van der Waals surface area contributed by atoms with Crippen LogP contribution >= 0.6 is 0 Å². The number of nitrogens with one attached hydrogen (secondary N) is 3. The van der Waals surface area contributed by atoms with Crippen molar-refractivity contribution in [2.45, 2.75) is 31.9 Å². The molecule has 0 spiro atoms. The van der Waals surface area contributed by atoms with Crippen LogP contribution in [0.3, 0.4) is 0 Å². The largest absolute Gasteiger partial charge is 0.379 e. The van der Waals surface area contributed by atoms with Crippen molar-refractivity contribution in [2.75, 3.05) is 24.7 Å². The van der Waals surface area contributed by atoms with Gasteiger partial charge in [-0.3, -0.25) is 19.1 Å². The molecule has 0 bridgehead atoms. The maximum Gasteiger partial charge on any atom is 0.278 e. The van der Waals surface area contributed by atoms with Crippen LogP contribution in [0.15, 0.2) is 53.7 Å². The monoisotopic (exact) mass is 477 g/mol. The Balaban J connectivity index is 1.43. The van der Waals surface area contributed by atoms with Crippen LogP contribution in [0.5, 0.6) is 0 Å². The Kier molecular flexibility index (Phi) is 5.01. The van der Waals surface area contributed by atoms with Crippen LogP contribution in [-0.2, 0) is 4.74 Å². The summed E-state index contributed by atoms with van der Waals surface area (Å²) in [7, 11) is -0.834. The molecule has 1 aliphatic rings. The van der Waals surface area contributed by atoms with Crippen LogP contribution in [0.4, 0.5) is 17.3 Å². The topological polar surface area (TPSA) is 127 Å². The van der Waals surface area contributed by atoms with Crippen LogP contribution in [0.25, 0.3) is 11.3 Å². The van der Waals surface area contributed by atoms with Crippen molar-refractivity contribution in [1.29, 1.82) is 0 Å². The van der Waals surface area contributed by atoms with Gasteiger partial charge in [0, 0.05) is 32.0 Å². The standard InChI is InChI=1S/C24H26N8O3/c1-14-6-7-15(12-26-14)31-10-4-5-18(24(31)34)28-20-11-21(25-2)32-22(30-20)16(13-27-32)23(33)29-17-8-9-19(17)35-3/h4-7,10-13,17,19,25H,8-9H2,1-3H3,(H,28,30)(H,29,33)/t17-,19-/m1/s1/i3D3. The van der Waals surface area contributed by atoms with Gasteiger partial charge in [-0.1, -0.05) is 0 Å². The number of nitrogens with zero attached hydrogens (tertiary/aromatic N) is 5. The quantitative estimate of drug-likeness (QED) is 0.370. The molecule has 1 saturated carbocycles. The number of methoxy groups -OCH3 is 1. The molecule has 0 aromatic carbocycles. The van der Waals surface area contributed by atoms with Crippen molar-refractivity contribution in [2.24, 2.45) is 0 Å². The molecule has 5 rings (SSSR count). The number of pyridine rings is 2. The molecule has 0 saturated heterocycles. The zero-order chi connectivity index (χ0) is 27.0. The maximum absolute atomic E-state index is 13.2. The van der Waals surface area contributed by atoms with Gasteiger partial charge in [0.15, 0.2) is 5.65 Å². The number of carbonyl (C=O) groups is 1. The van der Waals surface area contributed by atoms with E-state index in [9.17, 15) is 9.59 Å². The second kappa shape index (κ2) is 9.18. The lowest BCUT2D eigenvalue weighted by Gasteiger charge is -2.35. The minimum atomic E-state index is -2.53. The number of ether oxygens (including phenoxy) is 1. The number of aromatic nitrogens is 5. The third kappa shape index (κ3) is 4.21. The van der Waals surface area contributed by atoms with E-state index in [-0.39, 0.29) is 22.5 Å². The summed E-state index contributed by atoms with van der Waals surface area (Å²) in [5.74, 6) is 0.396. The molecule has 0 aliphatic heterocycles. The van der Waals surface area contributed by atoms with Crippen LogP contribution in [0.1, 0.15) is 33.0 Å². The second-order valence-corrected chi connectivity index (χ2v) is 8.26. The Bertz CT molecular complexity index is 1550. The summed E-state index contributed by atoms with van der Waals surface area (Å²) < 4.78 is 29.9. The molecule has 3 N–H and O–H groups in total. The number of hydrogen-bond donors (Lipinski definition) is 3. The summed E-state index contributed by atoms with van der Waals surface area (Å²) in [6.07, 6.45) is 5.22. The Morgan fingerprint density at radius 1 is 1.26 bits per heavy atom. The van der Waals surface area contributed by atoms with Crippen molar-refractivity contribution in [3.8, 4) is 5.69 Å². The molecule has 2 atom stereocenters. The lowest BCUT2D eigenvalue weighted by molar-refractivity contribution is 0.00732. The Morgan fingerprint density at radius 2 is 2.14 bits per heavy atom. The molecule has 180 valence electrons. The summed E-state index contributed by atoms with van der Waals surface area (Å²) in [5, 5.41) is 13.2. The lowest BCUT2D eigenvalue weighted by Crippen LogP contribution is -2.51. The van der Waals surface area contributed by atoms with Gasteiger partial charge in [-0.15, -0.1) is 0 Å². The van der Waals surface area contributed by atoms with E-state index in [2.05, 4.69) is 31.0 Å². The van der Waals surface area contributed by atoms with E-state index in [4.69, 9.17) is 8.85 Å². The van der Waals surface area contributed by atoms with Gasteiger partial charge in [-0.05, 0) is 44.0 Å². The summed E-state index contributed by atoms with van der Waals surface area (Å²) in [4.78, 5) is 35.1. The summed E-state index contributed by atoms with van der Waals surface area (Å²) >= 11 is 0. The van der Waals surface area contributed by atoms with Crippen molar-refractivity contribution in [3.63, 3.8) is 0 Å². The Morgan fingerprint density at radius 3 is 2.86 bits per heavy atom. The van der Waals surface area contributed by atoms with Gasteiger partial charge in [0.05, 0.1) is 34.3 Å². The average molecular weight is 478 g/mol. The molecule has 11 nitrogen and oxygen atoms in total. The Hall–Kier alpha value is -4.25. The van der Waals surface area contributed by atoms with Crippen LogP contribution in [0, 0.1) is 6.92 Å². The van der Waals surface area contributed by atoms with E-state index in [1.54, 1.807) is 37.6 Å². The van der Waals surface area contributed by atoms with Gasteiger partial charge in [0.1, 0.15) is 22.9 Å². The maximum atomic E-state index is 13.2. The number of hydrogen-bond acceptors (Lipinski definition) is 8. The highest BCUT2D eigenvalue weighted by Gasteiger charge is 2.33. The summed E-state index contributed by atoms with van der Waals surface area (Å²) in [5.41, 5.74) is 1.88. The lowest BCUT2D eigenvalue weighted by atomic mass is 9.89. The number of aryl methyl sites for hydroxylation is 1. The first kappa shape index (κ1) is 19.1. The first-order chi connectivity index (χ1) is 18.1. The predicted octanol–water partition coefficient (Wildman–Crippen LogP) is 2.28. The fourth-order valence-corrected chi connectivity index (χ4v) is 3.92. The van der Waals surface area contributed by atoms with E-state index in [1.807, 2.05) is 19.1 Å². The Labute approximate surface area is 205 Å². The first-order valence-electron chi connectivity index (χ1n) is 12.6. The number of rotatable bonds is 7. The second-order valence-electron chi connectivity index (χ2n) is 8.26. The van der Waals surface area contributed by atoms with E-state index >= 15 is 0 Å². The highest BCUT2D eigenvalue weighted by molar-refractivity contribution is 6.00. The molecule has 0 radical (unpaired) electrons. The van der Waals surface area contributed by atoms with Crippen molar-refractivity contribution in [3.05, 3.63) is 70.5 Å². The smallest absolute Gasteiger partial charge is 0.278 e. The summed E-state index contributed by atoms with van der Waals surface area (Å²) in [6, 6.07) is 8.24. The van der Waals surface area contributed by atoms with E-state index in [0.717, 1.165) is 5.69 Å². The van der Waals surface area contributed by atoms with Gasteiger partial charge in [0.2, 0.25) is 0 Å². The molecule has 11 heteroatoms. The van der Waals surface area contributed by atoms with E-state index in [0.29, 0.717) is 30.2 Å². The first-order valence-corrected chi connectivity index (χ1v) is 11.1. The molecule has 0 unspecified atom stereocenters. The molecule has 4 aromatic heterocycles. The number of anilines is 3. The third-order valence-electron chi connectivity index (χ3n) is 6.04. The van der Waals surface area contributed by atoms with Gasteiger partial charge in [-0.2, -0.15) is 9.61 Å². The van der Waals surface area contributed by atoms with Crippen LogP contribution < -0.4 is 21.5 Å². The average Bonchev–Trinajstić information content (AvgIpc) is 3.30. The molecule has 1 amide bonds. The molecule has 4 heterocycles. The molecule has 4 aromatic rings. The van der Waals surface area contributed by atoms with E-state index in [1.165, 1.54) is 15.3 Å². The predicted molar refractivity (Wildman–Crippen MR) is 132 cm³/mol.